The van der Waals surface area contributed by atoms with Crippen molar-refractivity contribution >= 4 is 33.3 Å². The maximum absolute atomic E-state index is 13.6. The van der Waals surface area contributed by atoms with Gasteiger partial charge in [-0.1, -0.05) is 6.07 Å². The van der Waals surface area contributed by atoms with Crippen molar-refractivity contribution in [3.05, 3.63) is 51.7 Å². The molecule has 0 atom stereocenters. The lowest BCUT2D eigenvalue weighted by Crippen LogP contribution is -2.12. The second-order valence-corrected chi connectivity index (χ2v) is 7.17. The summed E-state index contributed by atoms with van der Waals surface area (Å²) in [4.78, 5) is 22.6. The number of nitrogen functional groups attached to an aromatic ring is 1. The van der Waals surface area contributed by atoms with E-state index >= 15 is 0 Å². The lowest BCUT2D eigenvalue weighted by atomic mass is 9.97. The first kappa shape index (κ1) is 16.8. The number of anilines is 1. The maximum Gasteiger partial charge on any atom is 0.344 e. The lowest BCUT2D eigenvalue weighted by Gasteiger charge is -2.11. The number of hydrogen-bond donors (Lipinski definition) is 1. The van der Waals surface area contributed by atoms with Gasteiger partial charge in [-0.15, -0.1) is 11.3 Å². The molecule has 0 unspecified atom stereocenters. The third-order valence-electron chi connectivity index (χ3n) is 4.39. The summed E-state index contributed by atoms with van der Waals surface area (Å²) >= 11 is 1.57. The van der Waals surface area contributed by atoms with Crippen LogP contribution in [0.15, 0.2) is 18.2 Å². The van der Waals surface area contributed by atoms with E-state index in [1.165, 1.54) is 16.5 Å². The zero-order valence-electron chi connectivity index (χ0n) is 13.7. The topological polar surface area (TPSA) is 78.1 Å². The highest BCUT2D eigenvalue weighted by molar-refractivity contribution is 7.19. The van der Waals surface area contributed by atoms with E-state index in [0.29, 0.717) is 5.82 Å². The van der Waals surface area contributed by atoms with Gasteiger partial charge < -0.3 is 10.5 Å². The summed E-state index contributed by atoms with van der Waals surface area (Å²) in [6, 6.07) is 3.17. The number of benzene rings is 1. The predicted molar refractivity (Wildman–Crippen MR) is 93.9 cm³/mol. The normalized spacial score (nSPS) is 13.6. The molecule has 0 aliphatic heterocycles. The Morgan fingerprint density at radius 3 is 2.69 bits per heavy atom. The summed E-state index contributed by atoms with van der Waals surface area (Å²) in [5.41, 5.74) is 6.57. The first-order chi connectivity index (χ1) is 12.5. The third-order valence-corrected chi connectivity index (χ3v) is 5.57. The van der Waals surface area contributed by atoms with Gasteiger partial charge in [0, 0.05) is 4.88 Å². The number of hydrogen-bond acceptors (Lipinski definition) is 6. The van der Waals surface area contributed by atoms with Crippen molar-refractivity contribution in [2.45, 2.75) is 32.3 Å². The third kappa shape index (κ3) is 2.90. The fourth-order valence-electron chi connectivity index (χ4n) is 3.19. The molecule has 4 rings (SSSR count). The number of esters is 1. The second kappa shape index (κ2) is 6.60. The maximum atomic E-state index is 13.6. The summed E-state index contributed by atoms with van der Waals surface area (Å²) < 4.78 is 32.3. The highest BCUT2D eigenvalue weighted by Gasteiger charge is 2.22. The molecule has 8 heteroatoms. The molecule has 3 aromatic rings. The van der Waals surface area contributed by atoms with Gasteiger partial charge in [0.1, 0.15) is 27.8 Å². The molecule has 2 heterocycles. The first-order valence-electron chi connectivity index (χ1n) is 8.22. The van der Waals surface area contributed by atoms with Gasteiger partial charge in [0.05, 0.1) is 5.39 Å². The molecular weight excluding hydrogens is 360 g/mol. The van der Waals surface area contributed by atoms with Gasteiger partial charge in [0.25, 0.3) is 0 Å². The Morgan fingerprint density at radius 2 is 1.92 bits per heavy atom. The number of nitrogens with zero attached hydrogens (tertiary/aromatic N) is 2. The fraction of sp³-hybridized carbons (Fsp3) is 0.278. The van der Waals surface area contributed by atoms with E-state index in [1.54, 1.807) is 11.3 Å². The van der Waals surface area contributed by atoms with Crippen LogP contribution in [0.1, 0.15) is 39.5 Å². The Bertz CT molecular complexity index is 999. The minimum atomic E-state index is -1.10. The molecule has 1 aliphatic carbocycles. The minimum Gasteiger partial charge on any atom is -0.454 e. The van der Waals surface area contributed by atoms with E-state index < -0.39 is 23.2 Å². The average molecular weight is 375 g/mol. The minimum absolute atomic E-state index is 0.207. The Kier molecular flexibility index (Phi) is 4.28. The molecule has 0 bridgehead atoms. The molecule has 1 aliphatic rings. The van der Waals surface area contributed by atoms with Crippen LogP contribution in [-0.2, 0) is 24.2 Å². The zero-order valence-corrected chi connectivity index (χ0v) is 14.5. The SMILES string of the molecule is Nc1nc(COC(=O)c2c(F)cccc2F)nc2sc3c(c12)CCCC3. The van der Waals surface area contributed by atoms with Crippen LogP contribution in [0.3, 0.4) is 0 Å². The molecule has 0 saturated carbocycles. The second-order valence-electron chi connectivity index (χ2n) is 6.09. The Balaban J connectivity index is 1.59. The number of carbonyl (C=O) groups excluding carboxylic acids is 1. The van der Waals surface area contributed by atoms with Crippen molar-refractivity contribution < 1.29 is 18.3 Å². The Hall–Kier alpha value is -2.61. The van der Waals surface area contributed by atoms with Crippen molar-refractivity contribution in [1.82, 2.24) is 9.97 Å². The van der Waals surface area contributed by atoms with Crippen molar-refractivity contribution in [2.24, 2.45) is 0 Å². The monoisotopic (exact) mass is 375 g/mol. The van der Waals surface area contributed by atoms with Crippen LogP contribution in [0, 0.1) is 11.6 Å². The zero-order chi connectivity index (χ0) is 18.3. The van der Waals surface area contributed by atoms with Gasteiger partial charge >= 0.3 is 5.97 Å². The molecule has 5 nitrogen and oxygen atoms in total. The molecule has 0 saturated heterocycles. The first-order valence-corrected chi connectivity index (χ1v) is 9.04. The highest BCUT2D eigenvalue weighted by Crippen LogP contribution is 2.37. The van der Waals surface area contributed by atoms with Crippen LogP contribution in [0.2, 0.25) is 0 Å². The number of carbonyl (C=O) groups is 1. The standard InChI is InChI=1S/C18H15F2N3O2S/c19-10-5-3-6-11(20)15(10)18(24)25-8-13-22-16(21)14-9-4-1-2-7-12(9)26-17(14)23-13/h3,5-6H,1-2,4,7-8H2,(H2,21,22,23). The molecule has 0 radical (unpaired) electrons. The molecular formula is C18H15F2N3O2S. The van der Waals surface area contributed by atoms with Gasteiger partial charge in [-0.3, -0.25) is 0 Å². The summed E-state index contributed by atoms with van der Waals surface area (Å²) in [7, 11) is 0. The summed E-state index contributed by atoms with van der Waals surface area (Å²) in [5, 5.41) is 0.875. The lowest BCUT2D eigenvalue weighted by molar-refractivity contribution is 0.0451. The van der Waals surface area contributed by atoms with Crippen LogP contribution in [0.4, 0.5) is 14.6 Å². The van der Waals surface area contributed by atoms with Gasteiger partial charge in [-0.05, 0) is 43.4 Å². The fourth-order valence-corrected chi connectivity index (χ4v) is 4.48. The smallest absolute Gasteiger partial charge is 0.344 e. The van der Waals surface area contributed by atoms with Crippen LogP contribution >= 0.6 is 11.3 Å². The Morgan fingerprint density at radius 1 is 1.19 bits per heavy atom. The number of rotatable bonds is 3. The van der Waals surface area contributed by atoms with Crippen LogP contribution in [0.5, 0.6) is 0 Å². The molecule has 0 fully saturated rings. The predicted octanol–water partition coefficient (Wildman–Crippen LogP) is 3.79. The summed E-state index contributed by atoms with van der Waals surface area (Å²) in [6.07, 6.45) is 4.23. The van der Waals surface area contributed by atoms with Crippen molar-refractivity contribution in [1.29, 1.82) is 0 Å². The van der Waals surface area contributed by atoms with E-state index in [9.17, 15) is 13.6 Å². The molecule has 134 valence electrons. The van der Waals surface area contributed by atoms with Crippen molar-refractivity contribution in [2.75, 3.05) is 5.73 Å². The largest absolute Gasteiger partial charge is 0.454 e. The van der Waals surface area contributed by atoms with Gasteiger partial charge in [-0.25, -0.2) is 23.5 Å². The average Bonchev–Trinajstić information content (AvgIpc) is 2.98. The van der Waals surface area contributed by atoms with E-state index in [1.807, 2.05) is 0 Å². The summed E-state index contributed by atoms with van der Waals surface area (Å²) in [6.45, 7) is -0.310. The number of halogens is 2. The van der Waals surface area contributed by atoms with Crippen LogP contribution in [0.25, 0.3) is 10.2 Å². The number of aryl methyl sites for hydroxylation is 2. The van der Waals surface area contributed by atoms with Gasteiger partial charge in [-0.2, -0.15) is 0 Å². The van der Waals surface area contributed by atoms with Crippen LogP contribution < -0.4 is 5.73 Å². The quantitative estimate of drug-likeness (QED) is 0.705. The molecule has 26 heavy (non-hydrogen) atoms. The van der Waals surface area contributed by atoms with Crippen LogP contribution in [-0.4, -0.2) is 15.9 Å². The molecule has 1 aromatic carbocycles. The van der Waals surface area contributed by atoms with Gasteiger partial charge in [0.15, 0.2) is 12.4 Å². The van der Waals surface area contributed by atoms with E-state index in [0.717, 1.165) is 48.0 Å². The van der Waals surface area contributed by atoms with Crippen molar-refractivity contribution in [3.8, 4) is 0 Å². The number of thiophene rings is 1. The highest BCUT2D eigenvalue weighted by atomic mass is 32.1. The van der Waals surface area contributed by atoms with E-state index in [2.05, 4.69) is 9.97 Å². The number of fused-ring (bicyclic) bond motifs is 3. The summed E-state index contributed by atoms with van der Waals surface area (Å²) in [5.74, 6) is -2.50. The molecule has 2 N–H and O–H groups in total. The molecule has 0 amide bonds. The Labute approximate surface area is 151 Å². The number of nitrogens with two attached hydrogens (primary N) is 1. The number of aromatic nitrogens is 2. The molecule has 2 aromatic heterocycles. The van der Waals surface area contributed by atoms with E-state index in [4.69, 9.17) is 10.5 Å². The molecule has 0 spiro atoms. The number of ether oxygens (including phenoxy) is 1. The van der Waals surface area contributed by atoms with Crippen molar-refractivity contribution in [3.63, 3.8) is 0 Å². The van der Waals surface area contributed by atoms with Gasteiger partial charge in [0.2, 0.25) is 0 Å². The van der Waals surface area contributed by atoms with E-state index in [-0.39, 0.29) is 12.4 Å².